The number of carbonyl (C=O) groups excluding carboxylic acids is 1. The Kier molecular flexibility index (Phi) is 8.54. The molecule has 2 aromatic carbocycles. The Bertz CT molecular complexity index is 1050. The van der Waals surface area contributed by atoms with Crippen LogP contribution in [0.2, 0.25) is 5.02 Å². The van der Waals surface area contributed by atoms with Crippen LogP contribution in [0.4, 0.5) is 0 Å². The fraction of sp³-hybridized carbons (Fsp3) is 0.273. The van der Waals surface area contributed by atoms with Crippen molar-refractivity contribution in [3.8, 4) is 0 Å². The fourth-order valence-electron chi connectivity index (χ4n) is 2.48. The SMILES string of the molecule is CC(C)(C)c1ccc(C=NNC(=O)CSc2nnc(SCc3ccccc3Cl)s2)cc1. The van der Waals surface area contributed by atoms with Crippen molar-refractivity contribution < 1.29 is 4.79 Å². The van der Waals surface area contributed by atoms with E-state index in [-0.39, 0.29) is 17.1 Å². The average molecular weight is 491 g/mol. The number of nitrogens with one attached hydrogen (secondary N) is 1. The molecule has 162 valence electrons. The molecule has 5 nitrogen and oxygen atoms in total. The highest BCUT2D eigenvalue weighted by atomic mass is 35.5. The van der Waals surface area contributed by atoms with Gasteiger partial charge in [-0.2, -0.15) is 5.10 Å². The van der Waals surface area contributed by atoms with E-state index >= 15 is 0 Å². The van der Waals surface area contributed by atoms with Crippen molar-refractivity contribution in [2.75, 3.05) is 5.75 Å². The fourth-order valence-corrected chi connectivity index (χ4v) is 5.57. The minimum absolute atomic E-state index is 0.110. The summed E-state index contributed by atoms with van der Waals surface area (Å²) in [5.74, 6) is 0.766. The van der Waals surface area contributed by atoms with Gasteiger partial charge in [0.25, 0.3) is 5.91 Å². The Balaban J connectivity index is 1.42. The van der Waals surface area contributed by atoms with E-state index in [0.29, 0.717) is 0 Å². The number of hydrogen-bond donors (Lipinski definition) is 1. The van der Waals surface area contributed by atoms with Crippen molar-refractivity contribution in [1.29, 1.82) is 0 Å². The number of thioether (sulfide) groups is 2. The van der Waals surface area contributed by atoms with Crippen LogP contribution < -0.4 is 5.43 Å². The number of benzene rings is 2. The van der Waals surface area contributed by atoms with Crippen LogP contribution in [0.5, 0.6) is 0 Å². The highest BCUT2D eigenvalue weighted by molar-refractivity contribution is 8.03. The molecule has 1 amide bonds. The first-order valence-corrected chi connectivity index (χ1v) is 12.7. The summed E-state index contributed by atoms with van der Waals surface area (Å²) >= 11 is 10.6. The number of amides is 1. The molecule has 1 heterocycles. The third-order valence-electron chi connectivity index (χ3n) is 4.20. The van der Waals surface area contributed by atoms with Crippen molar-refractivity contribution in [2.24, 2.45) is 5.10 Å². The van der Waals surface area contributed by atoms with E-state index in [0.717, 1.165) is 30.6 Å². The zero-order chi connectivity index (χ0) is 22.3. The molecule has 0 aliphatic carbocycles. The lowest BCUT2D eigenvalue weighted by Crippen LogP contribution is -2.19. The minimum atomic E-state index is -0.187. The van der Waals surface area contributed by atoms with Crippen molar-refractivity contribution >= 4 is 58.6 Å². The summed E-state index contributed by atoms with van der Waals surface area (Å²) in [6.07, 6.45) is 1.64. The molecule has 0 atom stereocenters. The molecule has 0 saturated carbocycles. The monoisotopic (exact) mass is 490 g/mol. The van der Waals surface area contributed by atoms with Crippen LogP contribution in [0.1, 0.15) is 37.5 Å². The van der Waals surface area contributed by atoms with E-state index in [1.54, 1.807) is 18.0 Å². The van der Waals surface area contributed by atoms with E-state index in [4.69, 9.17) is 11.6 Å². The van der Waals surface area contributed by atoms with E-state index in [1.807, 2.05) is 36.4 Å². The van der Waals surface area contributed by atoms with Gasteiger partial charge in [-0.15, -0.1) is 10.2 Å². The van der Waals surface area contributed by atoms with Crippen LogP contribution in [0.25, 0.3) is 0 Å². The number of nitrogens with zero attached hydrogens (tertiary/aromatic N) is 3. The van der Waals surface area contributed by atoms with E-state index in [1.165, 1.54) is 28.7 Å². The highest BCUT2D eigenvalue weighted by Gasteiger charge is 2.12. The van der Waals surface area contributed by atoms with Crippen LogP contribution >= 0.6 is 46.5 Å². The molecule has 0 fully saturated rings. The van der Waals surface area contributed by atoms with Crippen molar-refractivity contribution in [1.82, 2.24) is 15.6 Å². The molecule has 1 N–H and O–H groups in total. The molecule has 0 aliphatic rings. The van der Waals surface area contributed by atoms with Crippen LogP contribution in [0.15, 0.2) is 62.3 Å². The van der Waals surface area contributed by atoms with Gasteiger partial charge in [0, 0.05) is 10.8 Å². The number of rotatable bonds is 8. The van der Waals surface area contributed by atoms with Gasteiger partial charge >= 0.3 is 0 Å². The Hall–Kier alpha value is -1.87. The van der Waals surface area contributed by atoms with Crippen molar-refractivity contribution in [3.63, 3.8) is 0 Å². The highest BCUT2D eigenvalue weighted by Crippen LogP contribution is 2.32. The first kappa shape index (κ1) is 23.8. The third kappa shape index (κ3) is 7.64. The molecule has 9 heteroatoms. The summed E-state index contributed by atoms with van der Waals surface area (Å²) in [5.41, 5.74) is 5.91. The van der Waals surface area contributed by atoms with Crippen LogP contribution in [-0.2, 0) is 16.0 Å². The standard InChI is InChI=1S/C22H23ClN4OS3/c1-22(2,3)17-10-8-15(9-11-17)12-24-25-19(28)14-30-21-27-26-20(31-21)29-13-16-6-4-5-7-18(16)23/h4-12H,13-14H2,1-3H3,(H,25,28). The molecule has 0 saturated heterocycles. The predicted octanol–water partition coefficient (Wildman–Crippen LogP) is 6.02. The average Bonchev–Trinajstić information content (AvgIpc) is 3.19. The number of hydrogen-bond acceptors (Lipinski definition) is 7. The van der Waals surface area contributed by atoms with Gasteiger partial charge in [-0.1, -0.05) is 110 Å². The number of halogens is 1. The van der Waals surface area contributed by atoms with Crippen molar-refractivity contribution in [2.45, 2.75) is 40.6 Å². The molecule has 0 aliphatic heterocycles. The number of aromatic nitrogens is 2. The second-order valence-corrected chi connectivity index (χ2v) is 11.5. The van der Waals surface area contributed by atoms with E-state index in [9.17, 15) is 4.79 Å². The quantitative estimate of drug-likeness (QED) is 0.237. The van der Waals surface area contributed by atoms with Gasteiger partial charge in [0.05, 0.1) is 12.0 Å². The Morgan fingerprint density at radius 2 is 1.77 bits per heavy atom. The number of hydrazone groups is 1. The zero-order valence-corrected chi connectivity index (χ0v) is 20.7. The van der Waals surface area contributed by atoms with Gasteiger partial charge in [-0.3, -0.25) is 4.79 Å². The Labute approximate surface area is 200 Å². The smallest absolute Gasteiger partial charge is 0.250 e. The summed E-state index contributed by atoms with van der Waals surface area (Å²) in [6, 6.07) is 15.9. The first-order chi connectivity index (χ1) is 14.8. The molecule has 0 radical (unpaired) electrons. The largest absolute Gasteiger partial charge is 0.272 e. The van der Waals surface area contributed by atoms with Crippen LogP contribution in [-0.4, -0.2) is 28.1 Å². The third-order valence-corrected chi connectivity index (χ3v) is 7.81. The molecular weight excluding hydrogens is 468 g/mol. The summed E-state index contributed by atoms with van der Waals surface area (Å²) < 4.78 is 1.60. The molecule has 3 aromatic rings. The maximum absolute atomic E-state index is 12.0. The van der Waals surface area contributed by atoms with E-state index in [2.05, 4.69) is 53.6 Å². The molecule has 31 heavy (non-hydrogen) atoms. The van der Waals surface area contributed by atoms with Gasteiger partial charge in [0.15, 0.2) is 8.68 Å². The van der Waals surface area contributed by atoms with Gasteiger partial charge in [-0.25, -0.2) is 5.43 Å². The molecular formula is C22H23ClN4OS3. The lowest BCUT2D eigenvalue weighted by Gasteiger charge is -2.18. The van der Waals surface area contributed by atoms with Gasteiger partial charge in [0.2, 0.25) is 0 Å². The number of carbonyl (C=O) groups is 1. The van der Waals surface area contributed by atoms with Crippen LogP contribution in [0, 0.1) is 0 Å². The second-order valence-electron chi connectivity index (χ2n) is 7.67. The maximum Gasteiger partial charge on any atom is 0.250 e. The molecule has 3 rings (SSSR count). The van der Waals surface area contributed by atoms with Gasteiger partial charge in [0.1, 0.15) is 0 Å². The molecule has 0 spiro atoms. The normalized spacial score (nSPS) is 11.7. The topological polar surface area (TPSA) is 67.2 Å². The lowest BCUT2D eigenvalue weighted by atomic mass is 9.87. The lowest BCUT2D eigenvalue weighted by molar-refractivity contribution is -0.118. The molecule has 0 bridgehead atoms. The first-order valence-electron chi connectivity index (χ1n) is 9.56. The summed E-state index contributed by atoms with van der Waals surface area (Å²) in [5, 5.41) is 13.1. The van der Waals surface area contributed by atoms with Gasteiger partial charge < -0.3 is 0 Å². The van der Waals surface area contributed by atoms with Gasteiger partial charge in [-0.05, 0) is 28.2 Å². The summed E-state index contributed by atoms with van der Waals surface area (Å²) in [6.45, 7) is 6.52. The Morgan fingerprint density at radius 3 is 2.45 bits per heavy atom. The Morgan fingerprint density at radius 1 is 1.10 bits per heavy atom. The van der Waals surface area contributed by atoms with Crippen molar-refractivity contribution in [3.05, 3.63) is 70.2 Å². The zero-order valence-electron chi connectivity index (χ0n) is 17.5. The predicted molar refractivity (Wildman–Crippen MR) is 133 cm³/mol. The summed E-state index contributed by atoms with van der Waals surface area (Å²) in [4.78, 5) is 12.0. The summed E-state index contributed by atoms with van der Waals surface area (Å²) in [7, 11) is 0. The van der Waals surface area contributed by atoms with E-state index < -0.39 is 0 Å². The molecule has 0 unspecified atom stereocenters. The maximum atomic E-state index is 12.0. The van der Waals surface area contributed by atoms with Crippen LogP contribution in [0.3, 0.4) is 0 Å². The second kappa shape index (κ2) is 11.1. The minimum Gasteiger partial charge on any atom is -0.272 e. The molecule has 1 aromatic heterocycles.